The molecule has 0 unspecified atom stereocenters. The lowest BCUT2D eigenvalue weighted by atomic mass is 10.0. The van der Waals surface area contributed by atoms with Crippen molar-refractivity contribution in [2.24, 2.45) is 0 Å². The maximum Gasteiger partial charge on any atom is 0.348 e. The van der Waals surface area contributed by atoms with E-state index < -0.39 is 5.97 Å². The number of rotatable bonds is 4. The second-order valence-electron chi connectivity index (χ2n) is 6.65. The molecule has 4 nitrogen and oxygen atoms in total. The van der Waals surface area contributed by atoms with Gasteiger partial charge in [0.15, 0.2) is 4.96 Å². The summed E-state index contributed by atoms with van der Waals surface area (Å²) >= 11 is 1.23. The highest BCUT2D eigenvalue weighted by atomic mass is 32.1. The van der Waals surface area contributed by atoms with Crippen LogP contribution in [0.4, 0.5) is 0 Å². The molecule has 27 heavy (non-hydrogen) atoms. The number of carboxylic acids is 1. The number of fused-ring (bicyclic) bond motifs is 1. The van der Waals surface area contributed by atoms with Crippen LogP contribution in [0, 0.1) is 13.8 Å². The van der Waals surface area contributed by atoms with Gasteiger partial charge in [-0.15, -0.1) is 0 Å². The van der Waals surface area contributed by atoms with Gasteiger partial charge in [0.1, 0.15) is 4.88 Å². The molecule has 0 aliphatic heterocycles. The Morgan fingerprint density at radius 3 is 2.52 bits per heavy atom. The van der Waals surface area contributed by atoms with Crippen molar-refractivity contribution in [1.82, 2.24) is 9.38 Å². The molecule has 136 valence electrons. The normalized spacial score (nSPS) is 11.2. The number of aromatic nitrogens is 2. The predicted octanol–water partition coefficient (Wildman–Crippen LogP) is 5.61. The average molecular weight is 376 g/mol. The molecule has 0 saturated heterocycles. The molecule has 0 fully saturated rings. The summed E-state index contributed by atoms with van der Waals surface area (Å²) in [5.41, 5.74) is 7.08. The van der Waals surface area contributed by atoms with Crippen molar-refractivity contribution >= 4 is 22.3 Å². The molecule has 1 N–H and O–H groups in total. The Bertz CT molecular complexity index is 1160. The number of nitrogens with zero attached hydrogens (tertiary/aromatic N) is 2. The van der Waals surface area contributed by atoms with E-state index in [2.05, 4.69) is 39.0 Å². The minimum Gasteiger partial charge on any atom is -0.477 e. The number of benzene rings is 2. The second kappa shape index (κ2) is 6.67. The molecule has 4 aromatic rings. The van der Waals surface area contributed by atoms with Gasteiger partial charge >= 0.3 is 5.97 Å². The van der Waals surface area contributed by atoms with Crippen LogP contribution >= 0.6 is 11.3 Å². The van der Waals surface area contributed by atoms with Gasteiger partial charge in [-0.1, -0.05) is 72.4 Å². The Morgan fingerprint density at radius 2 is 1.89 bits per heavy atom. The first-order valence-electron chi connectivity index (χ1n) is 8.91. The molecule has 0 aliphatic rings. The lowest BCUT2D eigenvalue weighted by Crippen LogP contribution is -2.01. The third-order valence-corrected chi connectivity index (χ3v) is 5.82. The van der Waals surface area contributed by atoms with Gasteiger partial charge in [0, 0.05) is 11.1 Å². The molecule has 0 radical (unpaired) electrons. The summed E-state index contributed by atoms with van der Waals surface area (Å²) in [5.74, 6) is -0.917. The summed E-state index contributed by atoms with van der Waals surface area (Å²) in [4.78, 5) is 17.8. The van der Waals surface area contributed by atoms with E-state index in [0.717, 1.165) is 33.9 Å². The van der Waals surface area contributed by atoms with Crippen molar-refractivity contribution in [3.05, 3.63) is 70.2 Å². The van der Waals surface area contributed by atoms with Crippen LogP contribution in [0.5, 0.6) is 0 Å². The lowest BCUT2D eigenvalue weighted by molar-refractivity contribution is 0.0702. The Labute approximate surface area is 161 Å². The van der Waals surface area contributed by atoms with E-state index in [1.165, 1.54) is 22.5 Å². The van der Waals surface area contributed by atoms with Crippen LogP contribution in [0.15, 0.2) is 48.5 Å². The first-order valence-corrected chi connectivity index (χ1v) is 9.73. The van der Waals surface area contributed by atoms with Crippen LogP contribution in [0.3, 0.4) is 0 Å². The number of hydrogen-bond donors (Lipinski definition) is 1. The highest BCUT2D eigenvalue weighted by Gasteiger charge is 2.25. The molecule has 0 atom stereocenters. The van der Waals surface area contributed by atoms with Crippen molar-refractivity contribution in [3.8, 4) is 22.5 Å². The van der Waals surface area contributed by atoms with Gasteiger partial charge in [0.05, 0.1) is 17.1 Å². The minimum absolute atomic E-state index is 0.325. The number of hydrogen-bond acceptors (Lipinski definition) is 3. The van der Waals surface area contributed by atoms with Gasteiger partial charge < -0.3 is 5.11 Å². The number of aromatic carboxylic acids is 1. The van der Waals surface area contributed by atoms with Crippen LogP contribution in [-0.2, 0) is 6.42 Å². The number of aryl methyl sites for hydroxylation is 3. The molecule has 2 aromatic heterocycles. The average Bonchev–Trinajstić information content (AvgIpc) is 3.18. The Hall–Kier alpha value is -2.92. The fraction of sp³-hybridized carbons (Fsp3) is 0.182. The SMILES string of the molecule is CCc1c(-c2ccc(C)cc2C)nc2sc(C(=O)O)c(-c3ccccc3)n12. The molecule has 5 heteroatoms. The number of imidazole rings is 1. The topological polar surface area (TPSA) is 54.6 Å². The third kappa shape index (κ3) is 2.84. The molecule has 0 saturated carbocycles. The standard InChI is InChI=1S/C22H20N2O2S/c1-4-17-18(16-11-10-13(2)12-14(16)3)23-22-24(17)19(20(27-22)21(25)26)15-8-6-5-7-9-15/h5-12H,4H2,1-3H3,(H,25,26). The minimum atomic E-state index is -0.917. The third-order valence-electron chi connectivity index (χ3n) is 4.79. The Kier molecular flexibility index (Phi) is 4.32. The Balaban J connectivity index is 2.06. The molecule has 2 aromatic carbocycles. The van der Waals surface area contributed by atoms with Crippen LogP contribution < -0.4 is 0 Å². The highest BCUT2D eigenvalue weighted by Crippen LogP contribution is 2.37. The van der Waals surface area contributed by atoms with E-state index in [0.29, 0.717) is 10.6 Å². The second-order valence-corrected chi connectivity index (χ2v) is 7.63. The zero-order valence-corrected chi connectivity index (χ0v) is 16.3. The molecular formula is C22H20N2O2S. The summed E-state index contributed by atoms with van der Waals surface area (Å²) in [6.45, 7) is 6.26. The smallest absolute Gasteiger partial charge is 0.348 e. The van der Waals surface area contributed by atoms with Crippen LogP contribution in [-0.4, -0.2) is 20.5 Å². The fourth-order valence-electron chi connectivity index (χ4n) is 3.59. The van der Waals surface area contributed by atoms with Gasteiger partial charge in [-0.25, -0.2) is 9.78 Å². The van der Waals surface area contributed by atoms with Crippen molar-refractivity contribution in [2.75, 3.05) is 0 Å². The van der Waals surface area contributed by atoms with Crippen molar-refractivity contribution in [3.63, 3.8) is 0 Å². The zero-order valence-electron chi connectivity index (χ0n) is 15.5. The summed E-state index contributed by atoms with van der Waals surface area (Å²) < 4.78 is 2.03. The van der Waals surface area contributed by atoms with Crippen molar-refractivity contribution < 1.29 is 9.90 Å². The molecule has 0 aliphatic carbocycles. The number of carbonyl (C=O) groups is 1. The first-order chi connectivity index (χ1) is 13.0. The van der Waals surface area contributed by atoms with Gasteiger partial charge in [0.2, 0.25) is 0 Å². The maximum absolute atomic E-state index is 11.9. The number of carboxylic acid groups (broad SMARTS) is 1. The van der Waals surface area contributed by atoms with E-state index in [1.54, 1.807) is 0 Å². The predicted molar refractivity (Wildman–Crippen MR) is 110 cm³/mol. The van der Waals surface area contributed by atoms with Crippen LogP contribution in [0.2, 0.25) is 0 Å². The summed E-state index contributed by atoms with van der Waals surface area (Å²) in [6, 6.07) is 16.0. The van der Waals surface area contributed by atoms with Crippen molar-refractivity contribution in [1.29, 1.82) is 0 Å². The molecule has 2 heterocycles. The largest absolute Gasteiger partial charge is 0.477 e. The van der Waals surface area contributed by atoms with Gasteiger partial charge in [-0.2, -0.15) is 0 Å². The highest BCUT2D eigenvalue weighted by molar-refractivity contribution is 7.19. The molecule has 4 rings (SSSR count). The maximum atomic E-state index is 11.9. The van der Waals surface area contributed by atoms with Gasteiger partial charge in [-0.3, -0.25) is 4.40 Å². The van der Waals surface area contributed by atoms with Gasteiger partial charge in [0.25, 0.3) is 0 Å². The fourth-order valence-corrected chi connectivity index (χ4v) is 4.60. The summed E-state index contributed by atoms with van der Waals surface area (Å²) in [6.07, 6.45) is 0.763. The van der Waals surface area contributed by atoms with Crippen molar-refractivity contribution in [2.45, 2.75) is 27.2 Å². The monoisotopic (exact) mass is 376 g/mol. The lowest BCUT2D eigenvalue weighted by Gasteiger charge is -2.09. The molecule has 0 amide bonds. The van der Waals surface area contributed by atoms with Crippen LogP contribution in [0.25, 0.3) is 27.5 Å². The molecular weight excluding hydrogens is 356 g/mol. The zero-order chi connectivity index (χ0) is 19.1. The quantitative estimate of drug-likeness (QED) is 0.504. The van der Waals surface area contributed by atoms with Gasteiger partial charge in [-0.05, 0) is 25.8 Å². The summed E-state index contributed by atoms with van der Waals surface area (Å²) in [7, 11) is 0. The summed E-state index contributed by atoms with van der Waals surface area (Å²) in [5, 5.41) is 9.74. The molecule has 0 spiro atoms. The molecule has 0 bridgehead atoms. The van der Waals surface area contributed by atoms with Crippen LogP contribution in [0.1, 0.15) is 33.4 Å². The van der Waals surface area contributed by atoms with E-state index in [1.807, 2.05) is 34.7 Å². The Morgan fingerprint density at radius 1 is 1.15 bits per heavy atom. The first kappa shape index (κ1) is 17.5. The van der Waals surface area contributed by atoms with E-state index in [9.17, 15) is 9.90 Å². The van der Waals surface area contributed by atoms with E-state index in [-0.39, 0.29) is 0 Å². The van der Waals surface area contributed by atoms with E-state index >= 15 is 0 Å². The number of thiazole rings is 1. The van der Waals surface area contributed by atoms with E-state index in [4.69, 9.17) is 4.98 Å².